The van der Waals surface area contributed by atoms with Crippen LogP contribution in [0, 0.1) is 12.8 Å². The molecule has 0 radical (unpaired) electrons. The number of aliphatic imine (C=N–C) groups is 1. The lowest BCUT2D eigenvalue weighted by atomic mass is 10.00. The molecule has 0 amide bonds. The van der Waals surface area contributed by atoms with Gasteiger partial charge in [0.05, 0.1) is 13.0 Å². The fourth-order valence-electron chi connectivity index (χ4n) is 2.29. The molecule has 1 aromatic carbocycles. The van der Waals surface area contributed by atoms with Crippen molar-refractivity contribution in [3.8, 4) is 0 Å². The van der Waals surface area contributed by atoms with E-state index in [1.807, 2.05) is 0 Å². The van der Waals surface area contributed by atoms with E-state index in [0.29, 0.717) is 5.92 Å². The number of hydrogen-bond donors (Lipinski definition) is 1. The molecule has 4 heteroatoms. The average molecular weight is 303 g/mol. The predicted molar refractivity (Wildman–Crippen MR) is 90.2 cm³/mol. The van der Waals surface area contributed by atoms with E-state index >= 15 is 0 Å². The molecule has 0 bridgehead atoms. The second-order valence-corrected chi connectivity index (χ2v) is 5.26. The Bertz CT molecular complexity index is 531. The normalized spacial score (nSPS) is 18.0. The zero-order chi connectivity index (χ0) is 16.4. The first-order valence-corrected chi connectivity index (χ1v) is 7.56. The molecule has 1 aromatic rings. The minimum Gasteiger partial charge on any atom is -0.484 e. The Hall–Kier alpha value is -2.10. The molecule has 0 saturated heterocycles. The molecule has 0 saturated carbocycles. The Labute approximate surface area is 132 Å². The van der Waals surface area contributed by atoms with Gasteiger partial charge in [-0.2, -0.15) is 0 Å². The molecule has 0 aliphatic carbocycles. The van der Waals surface area contributed by atoms with Gasteiger partial charge in [-0.05, 0) is 30.9 Å². The first-order chi connectivity index (χ1) is 10.5. The van der Waals surface area contributed by atoms with Gasteiger partial charge in [0.15, 0.2) is 5.90 Å². The summed E-state index contributed by atoms with van der Waals surface area (Å²) in [5, 5.41) is 7.42. The molecule has 1 heterocycles. The van der Waals surface area contributed by atoms with Gasteiger partial charge in [-0.25, -0.2) is 0 Å². The third-order valence-corrected chi connectivity index (χ3v) is 3.41. The molecule has 1 aliphatic heterocycles. The molecule has 0 aromatic heterocycles. The van der Waals surface area contributed by atoms with Crippen molar-refractivity contribution >= 4 is 17.9 Å². The molecular weight excluding hydrogens is 278 g/mol. The summed E-state index contributed by atoms with van der Waals surface area (Å²) in [5.41, 5.74) is 2.58. The van der Waals surface area contributed by atoms with Crippen molar-refractivity contribution < 1.29 is 14.6 Å². The van der Waals surface area contributed by atoms with Gasteiger partial charge in [0.25, 0.3) is 5.97 Å². The van der Waals surface area contributed by atoms with Crippen LogP contribution >= 0.6 is 0 Å². The number of carboxylic acid groups (broad SMARTS) is 1. The number of benzene rings is 1. The highest BCUT2D eigenvalue weighted by Gasteiger charge is 2.15. The van der Waals surface area contributed by atoms with E-state index in [4.69, 9.17) is 14.6 Å². The monoisotopic (exact) mass is 303 g/mol. The molecule has 0 spiro atoms. The van der Waals surface area contributed by atoms with Crippen molar-refractivity contribution in [3.05, 3.63) is 41.5 Å². The van der Waals surface area contributed by atoms with Gasteiger partial charge in [-0.1, -0.05) is 42.8 Å². The number of carbonyl (C=O) groups is 1. The van der Waals surface area contributed by atoms with Crippen LogP contribution in [0.15, 0.2) is 35.3 Å². The van der Waals surface area contributed by atoms with E-state index in [9.17, 15) is 0 Å². The number of carboxylic acids is 1. The third kappa shape index (κ3) is 6.57. The summed E-state index contributed by atoms with van der Waals surface area (Å²) >= 11 is 0. The molecule has 0 fully saturated rings. The van der Waals surface area contributed by atoms with Crippen LogP contribution < -0.4 is 0 Å². The Morgan fingerprint density at radius 1 is 1.36 bits per heavy atom. The number of methoxy groups -OCH3 is 1. The molecule has 120 valence electrons. The molecule has 2 rings (SSSR count). The lowest BCUT2D eigenvalue weighted by Crippen LogP contribution is -2.13. The first-order valence-electron chi connectivity index (χ1n) is 7.56. The van der Waals surface area contributed by atoms with Crippen LogP contribution in [0.3, 0.4) is 0 Å². The van der Waals surface area contributed by atoms with E-state index in [1.165, 1.54) is 24.0 Å². The number of ether oxygens (including phenoxy) is 1. The highest BCUT2D eigenvalue weighted by Crippen LogP contribution is 2.19. The summed E-state index contributed by atoms with van der Waals surface area (Å²) in [6.07, 6.45) is 7.95. The summed E-state index contributed by atoms with van der Waals surface area (Å²) in [6.45, 7) is 4.12. The van der Waals surface area contributed by atoms with Gasteiger partial charge in [0.1, 0.15) is 0 Å². The van der Waals surface area contributed by atoms with E-state index in [1.54, 1.807) is 7.11 Å². The van der Waals surface area contributed by atoms with Crippen LogP contribution in [0.25, 0.3) is 6.08 Å². The lowest BCUT2D eigenvalue weighted by molar-refractivity contribution is -0.134. The quantitative estimate of drug-likeness (QED) is 0.900. The Kier molecular flexibility index (Phi) is 7.97. The minimum absolute atomic E-state index is 0.331. The van der Waals surface area contributed by atoms with Crippen molar-refractivity contribution in [2.24, 2.45) is 10.9 Å². The highest BCUT2D eigenvalue weighted by molar-refractivity contribution is 5.81. The number of aryl methyl sites for hydroxylation is 1. The second kappa shape index (κ2) is 9.77. The number of nitrogens with zero attached hydrogens (tertiary/aromatic N) is 1. The van der Waals surface area contributed by atoms with Crippen molar-refractivity contribution in [1.29, 1.82) is 0 Å². The Morgan fingerprint density at radius 3 is 2.68 bits per heavy atom. The molecule has 22 heavy (non-hydrogen) atoms. The van der Waals surface area contributed by atoms with Gasteiger partial charge >= 0.3 is 0 Å². The Balaban J connectivity index is 0.000000541. The number of rotatable bonds is 2. The third-order valence-electron chi connectivity index (χ3n) is 3.41. The van der Waals surface area contributed by atoms with Crippen LogP contribution in [0.5, 0.6) is 0 Å². The largest absolute Gasteiger partial charge is 0.484 e. The van der Waals surface area contributed by atoms with Crippen molar-refractivity contribution in [2.45, 2.75) is 33.1 Å². The van der Waals surface area contributed by atoms with Gasteiger partial charge in [0, 0.05) is 13.5 Å². The standard InChI is InChI=1S/C16H21NO.C2H4O2/c1-13-7-3-4-8-14(13)10-11-15-9-5-6-12-17-16(15)18-2;1-2(3)4/h3-4,7-8,10-11,15H,5-6,9,12H2,1-2H3;1H3,(H,3,4). The second-order valence-electron chi connectivity index (χ2n) is 5.26. The summed E-state index contributed by atoms with van der Waals surface area (Å²) < 4.78 is 5.40. The van der Waals surface area contributed by atoms with Gasteiger partial charge in [0.2, 0.25) is 0 Å². The topological polar surface area (TPSA) is 58.9 Å². The van der Waals surface area contributed by atoms with E-state index in [2.05, 4.69) is 48.3 Å². The minimum atomic E-state index is -0.833. The summed E-state index contributed by atoms with van der Waals surface area (Å²) in [7, 11) is 1.72. The van der Waals surface area contributed by atoms with Gasteiger partial charge in [-0.3, -0.25) is 9.79 Å². The molecule has 1 aliphatic rings. The average Bonchev–Trinajstić information content (AvgIpc) is 2.70. The maximum atomic E-state index is 9.00. The predicted octanol–water partition coefficient (Wildman–Crippen LogP) is 3.94. The first kappa shape index (κ1) is 18.0. The van der Waals surface area contributed by atoms with Crippen LogP contribution in [0.4, 0.5) is 0 Å². The summed E-state index contributed by atoms with van der Waals surface area (Å²) in [4.78, 5) is 13.5. The van der Waals surface area contributed by atoms with Crippen LogP contribution in [0.2, 0.25) is 0 Å². The van der Waals surface area contributed by atoms with E-state index in [-0.39, 0.29) is 0 Å². The molecule has 4 nitrogen and oxygen atoms in total. The van der Waals surface area contributed by atoms with E-state index in [0.717, 1.165) is 25.8 Å². The van der Waals surface area contributed by atoms with Crippen molar-refractivity contribution in [3.63, 3.8) is 0 Å². The molecule has 1 atom stereocenters. The van der Waals surface area contributed by atoms with Crippen LogP contribution in [-0.2, 0) is 9.53 Å². The van der Waals surface area contributed by atoms with Crippen LogP contribution in [0.1, 0.15) is 37.3 Å². The maximum Gasteiger partial charge on any atom is 0.300 e. The van der Waals surface area contributed by atoms with Crippen LogP contribution in [-0.4, -0.2) is 30.6 Å². The van der Waals surface area contributed by atoms with Gasteiger partial charge in [-0.15, -0.1) is 0 Å². The van der Waals surface area contributed by atoms with Crippen molar-refractivity contribution in [2.75, 3.05) is 13.7 Å². The zero-order valence-electron chi connectivity index (χ0n) is 13.6. The summed E-state index contributed by atoms with van der Waals surface area (Å²) in [6, 6.07) is 8.43. The lowest BCUT2D eigenvalue weighted by Gasteiger charge is -2.12. The van der Waals surface area contributed by atoms with Crippen molar-refractivity contribution in [1.82, 2.24) is 0 Å². The highest BCUT2D eigenvalue weighted by atomic mass is 16.5. The smallest absolute Gasteiger partial charge is 0.300 e. The SMILES string of the molecule is CC(=O)O.COC1=NCCCCC1C=Cc1ccccc1C. The van der Waals surface area contributed by atoms with E-state index < -0.39 is 5.97 Å². The molecule has 1 N–H and O–H groups in total. The van der Waals surface area contributed by atoms with Gasteiger partial charge < -0.3 is 9.84 Å². The fourth-order valence-corrected chi connectivity index (χ4v) is 2.29. The maximum absolute atomic E-state index is 9.00. The molecular formula is C18H25NO3. The Morgan fingerprint density at radius 2 is 2.05 bits per heavy atom. The number of hydrogen-bond acceptors (Lipinski definition) is 3. The number of aliphatic carboxylic acids is 1. The molecule has 1 unspecified atom stereocenters. The fraction of sp³-hybridized carbons (Fsp3) is 0.444. The zero-order valence-corrected chi connectivity index (χ0v) is 13.6. The summed E-state index contributed by atoms with van der Waals surface area (Å²) in [5.74, 6) is 0.384.